The standard InChI is InChI=1S/C19H23F3N6O2/c1-23-16-13(19(20,21)22)11-25-18(26-16)27(2)14-5-4-12(10-15(14)30-3)17(29)28-8-6-24-7-9-28/h4-5,10-11,24H,6-9H2,1-3H3,(H,23,25,26). The van der Waals surface area contributed by atoms with Gasteiger partial charge in [0.1, 0.15) is 17.1 Å². The highest BCUT2D eigenvalue weighted by Gasteiger charge is 2.35. The molecular formula is C19H23F3N6O2. The Morgan fingerprint density at radius 2 is 2.00 bits per heavy atom. The van der Waals surface area contributed by atoms with Crippen LogP contribution in [0, 0.1) is 0 Å². The normalized spacial score (nSPS) is 14.4. The molecule has 0 bridgehead atoms. The summed E-state index contributed by atoms with van der Waals surface area (Å²) in [5.74, 6) is -0.00380. The molecule has 30 heavy (non-hydrogen) atoms. The van der Waals surface area contributed by atoms with E-state index in [9.17, 15) is 18.0 Å². The van der Waals surface area contributed by atoms with Crippen LogP contribution in [-0.2, 0) is 6.18 Å². The molecule has 8 nitrogen and oxygen atoms in total. The number of halogens is 3. The van der Waals surface area contributed by atoms with E-state index >= 15 is 0 Å². The van der Waals surface area contributed by atoms with Gasteiger partial charge in [-0.15, -0.1) is 0 Å². The monoisotopic (exact) mass is 424 g/mol. The summed E-state index contributed by atoms with van der Waals surface area (Å²) in [5, 5.41) is 5.65. The highest BCUT2D eigenvalue weighted by atomic mass is 19.4. The van der Waals surface area contributed by atoms with E-state index < -0.39 is 11.7 Å². The number of nitrogens with zero attached hydrogens (tertiary/aromatic N) is 4. The molecule has 2 aromatic rings. The fourth-order valence-electron chi connectivity index (χ4n) is 3.18. The summed E-state index contributed by atoms with van der Waals surface area (Å²) in [6.45, 7) is 2.72. The Kier molecular flexibility index (Phi) is 6.30. The first-order chi connectivity index (χ1) is 14.3. The predicted molar refractivity (Wildman–Crippen MR) is 106 cm³/mol. The maximum absolute atomic E-state index is 13.1. The highest BCUT2D eigenvalue weighted by Crippen LogP contribution is 2.36. The minimum atomic E-state index is -4.57. The second-order valence-corrected chi connectivity index (χ2v) is 6.67. The summed E-state index contributed by atoms with van der Waals surface area (Å²) in [7, 11) is 4.43. The van der Waals surface area contributed by atoms with Crippen molar-refractivity contribution in [2.24, 2.45) is 0 Å². The van der Waals surface area contributed by atoms with Crippen molar-refractivity contribution in [3.63, 3.8) is 0 Å². The van der Waals surface area contributed by atoms with Gasteiger partial charge in [0, 0.05) is 52.0 Å². The van der Waals surface area contributed by atoms with Crippen LogP contribution in [0.4, 0.5) is 30.6 Å². The molecule has 1 aliphatic rings. The molecule has 2 heterocycles. The van der Waals surface area contributed by atoms with Gasteiger partial charge >= 0.3 is 6.18 Å². The van der Waals surface area contributed by atoms with Gasteiger partial charge in [0.15, 0.2) is 0 Å². The van der Waals surface area contributed by atoms with Gasteiger partial charge in [-0.2, -0.15) is 18.2 Å². The number of aromatic nitrogens is 2. The quantitative estimate of drug-likeness (QED) is 0.763. The Morgan fingerprint density at radius 1 is 1.30 bits per heavy atom. The number of piperazine rings is 1. The lowest BCUT2D eigenvalue weighted by Gasteiger charge is -2.28. The second kappa shape index (κ2) is 8.74. The molecule has 3 rings (SSSR count). The van der Waals surface area contributed by atoms with Crippen molar-refractivity contribution in [3.8, 4) is 5.75 Å². The van der Waals surface area contributed by atoms with Crippen LogP contribution in [0.1, 0.15) is 15.9 Å². The minimum absolute atomic E-state index is 0.0480. The number of alkyl halides is 3. The molecule has 11 heteroatoms. The molecule has 0 saturated carbocycles. The minimum Gasteiger partial charge on any atom is -0.495 e. The number of rotatable bonds is 5. The number of nitrogens with one attached hydrogen (secondary N) is 2. The van der Waals surface area contributed by atoms with Crippen LogP contribution in [0.15, 0.2) is 24.4 Å². The molecular weight excluding hydrogens is 401 g/mol. The van der Waals surface area contributed by atoms with E-state index in [1.807, 2.05) is 0 Å². The zero-order chi connectivity index (χ0) is 21.9. The van der Waals surface area contributed by atoms with Gasteiger partial charge in [-0.05, 0) is 18.2 Å². The van der Waals surface area contributed by atoms with E-state index in [-0.39, 0.29) is 17.7 Å². The predicted octanol–water partition coefficient (Wildman–Crippen LogP) is 2.36. The molecule has 0 unspecified atom stereocenters. The molecule has 1 amide bonds. The van der Waals surface area contributed by atoms with E-state index in [2.05, 4.69) is 20.6 Å². The number of methoxy groups -OCH3 is 1. The van der Waals surface area contributed by atoms with E-state index in [0.717, 1.165) is 19.3 Å². The number of amides is 1. The van der Waals surface area contributed by atoms with Crippen molar-refractivity contribution in [1.29, 1.82) is 0 Å². The van der Waals surface area contributed by atoms with Crippen molar-refractivity contribution >= 4 is 23.4 Å². The molecule has 1 saturated heterocycles. The average molecular weight is 424 g/mol. The number of benzene rings is 1. The van der Waals surface area contributed by atoms with Crippen LogP contribution < -0.4 is 20.3 Å². The van der Waals surface area contributed by atoms with Gasteiger partial charge in [-0.25, -0.2) is 4.98 Å². The van der Waals surface area contributed by atoms with Crippen molar-refractivity contribution in [2.75, 3.05) is 57.6 Å². The maximum Gasteiger partial charge on any atom is 0.421 e. The third kappa shape index (κ3) is 4.40. The first kappa shape index (κ1) is 21.6. The summed E-state index contributed by atoms with van der Waals surface area (Å²) < 4.78 is 44.7. The Bertz CT molecular complexity index is 916. The first-order valence-corrected chi connectivity index (χ1v) is 9.30. The molecule has 1 aromatic heterocycles. The zero-order valence-electron chi connectivity index (χ0n) is 16.9. The largest absolute Gasteiger partial charge is 0.495 e. The summed E-state index contributed by atoms with van der Waals surface area (Å²) in [6, 6.07) is 4.93. The molecule has 162 valence electrons. The van der Waals surface area contributed by atoms with Crippen LogP contribution >= 0.6 is 0 Å². The third-order valence-electron chi connectivity index (χ3n) is 4.81. The van der Waals surface area contributed by atoms with Gasteiger partial charge < -0.3 is 25.2 Å². The Labute approximate surface area is 172 Å². The topological polar surface area (TPSA) is 82.6 Å². The van der Waals surface area contributed by atoms with Crippen LogP contribution in [0.25, 0.3) is 0 Å². The van der Waals surface area contributed by atoms with E-state index in [0.29, 0.717) is 30.1 Å². The number of carbonyl (C=O) groups excluding carboxylic acids is 1. The highest BCUT2D eigenvalue weighted by molar-refractivity contribution is 5.95. The number of ether oxygens (including phenoxy) is 1. The first-order valence-electron chi connectivity index (χ1n) is 9.30. The molecule has 0 atom stereocenters. The van der Waals surface area contributed by atoms with Crippen LogP contribution in [0.3, 0.4) is 0 Å². The van der Waals surface area contributed by atoms with Crippen molar-refractivity contribution in [1.82, 2.24) is 20.2 Å². The summed E-state index contributed by atoms with van der Waals surface area (Å²) in [6.07, 6.45) is -3.83. The van der Waals surface area contributed by atoms with E-state index in [1.165, 1.54) is 19.1 Å². The molecule has 0 radical (unpaired) electrons. The Balaban J connectivity index is 1.90. The lowest BCUT2D eigenvalue weighted by atomic mass is 10.1. The maximum atomic E-state index is 13.1. The molecule has 0 spiro atoms. The van der Waals surface area contributed by atoms with E-state index in [1.54, 1.807) is 30.1 Å². The van der Waals surface area contributed by atoms with Crippen molar-refractivity contribution in [2.45, 2.75) is 6.18 Å². The molecule has 1 fully saturated rings. The number of carbonyl (C=O) groups is 1. The van der Waals surface area contributed by atoms with Crippen molar-refractivity contribution < 1.29 is 22.7 Å². The Hall–Kier alpha value is -3.08. The second-order valence-electron chi connectivity index (χ2n) is 6.67. The number of hydrogen-bond donors (Lipinski definition) is 2. The SMILES string of the molecule is CNc1nc(N(C)c2ccc(C(=O)N3CCNCC3)cc2OC)ncc1C(F)(F)F. The zero-order valence-corrected chi connectivity index (χ0v) is 16.9. The Morgan fingerprint density at radius 3 is 2.60 bits per heavy atom. The van der Waals surface area contributed by atoms with Gasteiger partial charge in [0.05, 0.1) is 12.8 Å². The van der Waals surface area contributed by atoms with E-state index in [4.69, 9.17) is 4.74 Å². The van der Waals surface area contributed by atoms with Crippen LogP contribution in [0.2, 0.25) is 0 Å². The molecule has 2 N–H and O–H groups in total. The lowest BCUT2D eigenvalue weighted by Crippen LogP contribution is -2.46. The smallest absolute Gasteiger partial charge is 0.421 e. The fourth-order valence-corrected chi connectivity index (χ4v) is 3.18. The summed E-state index contributed by atoms with van der Waals surface area (Å²) >= 11 is 0. The number of anilines is 3. The number of hydrogen-bond acceptors (Lipinski definition) is 7. The molecule has 1 aliphatic heterocycles. The van der Waals surface area contributed by atoms with Gasteiger partial charge in [-0.3, -0.25) is 4.79 Å². The molecule has 1 aromatic carbocycles. The molecule has 0 aliphatic carbocycles. The summed E-state index contributed by atoms with van der Waals surface area (Å²) in [4.78, 5) is 23.8. The average Bonchev–Trinajstić information content (AvgIpc) is 2.77. The lowest BCUT2D eigenvalue weighted by molar-refractivity contribution is -0.137. The fraction of sp³-hybridized carbons (Fsp3) is 0.421. The van der Waals surface area contributed by atoms with Gasteiger partial charge in [0.2, 0.25) is 5.95 Å². The third-order valence-corrected chi connectivity index (χ3v) is 4.81. The van der Waals surface area contributed by atoms with Gasteiger partial charge in [0.25, 0.3) is 5.91 Å². The van der Waals surface area contributed by atoms with Crippen LogP contribution in [0.5, 0.6) is 5.75 Å². The summed E-state index contributed by atoms with van der Waals surface area (Å²) in [5.41, 5.74) is 0.0254. The van der Waals surface area contributed by atoms with Gasteiger partial charge in [-0.1, -0.05) is 0 Å². The van der Waals surface area contributed by atoms with Crippen LogP contribution in [-0.4, -0.2) is 68.2 Å². The van der Waals surface area contributed by atoms with Crippen molar-refractivity contribution in [3.05, 3.63) is 35.5 Å².